The van der Waals surface area contributed by atoms with E-state index in [-0.39, 0.29) is 0 Å². The summed E-state index contributed by atoms with van der Waals surface area (Å²) in [5.74, 6) is 0. The molecule has 0 aromatic rings. The van der Waals surface area contributed by atoms with E-state index < -0.39 is 29.0 Å². The Labute approximate surface area is 57.7 Å². The van der Waals surface area contributed by atoms with Gasteiger partial charge in [0.05, 0.1) is 0 Å². The van der Waals surface area contributed by atoms with Crippen molar-refractivity contribution in [1.29, 1.82) is 0 Å². The monoisotopic (exact) mass is 272 g/mol. The Balaban J connectivity index is 0. The second-order valence-corrected chi connectivity index (χ2v) is 3.87. The van der Waals surface area contributed by atoms with Gasteiger partial charge in [-0.25, -0.2) is 0 Å². The predicted molar refractivity (Wildman–Crippen MR) is 24.0 cm³/mol. The molecule has 9 heteroatoms. The zero-order chi connectivity index (χ0) is 8.08. The average Bonchev–Trinajstić information content (AvgIpc) is 1.19. The van der Waals surface area contributed by atoms with E-state index in [9.17, 15) is 0 Å². The first-order valence-corrected chi connectivity index (χ1v) is 6.83. The molecule has 0 aromatic carbocycles. The molecule has 7 nitrogen and oxygen atoms in total. The van der Waals surface area contributed by atoms with Crippen molar-refractivity contribution in [3.8, 4) is 0 Å². The van der Waals surface area contributed by atoms with E-state index in [4.69, 9.17) is 28.2 Å². The van der Waals surface area contributed by atoms with Crippen molar-refractivity contribution in [3.05, 3.63) is 0 Å². The molecule has 0 saturated heterocycles. The Morgan fingerprint density at radius 3 is 1.11 bits per heavy atom. The molecule has 0 aromatic heterocycles. The van der Waals surface area contributed by atoms with E-state index in [1.165, 1.54) is 0 Å². The van der Waals surface area contributed by atoms with Gasteiger partial charge in [0.1, 0.15) is 0 Å². The Hall–Kier alpha value is 0.478. The molecule has 0 amide bonds. The molecule has 58 valence electrons. The van der Waals surface area contributed by atoms with Gasteiger partial charge in [0.25, 0.3) is 0 Å². The van der Waals surface area contributed by atoms with Crippen molar-refractivity contribution in [1.82, 2.24) is 0 Å². The summed E-state index contributed by atoms with van der Waals surface area (Å²) in [6.45, 7) is 0. The van der Waals surface area contributed by atoms with Crippen molar-refractivity contribution < 1.29 is 28.2 Å². The van der Waals surface area contributed by atoms with Crippen LogP contribution in [0.15, 0.2) is 0 Å². The quantitative estimate of drug-likeness (QED) is 0.285. The summed E-state index contributed by atoms with van der Waals surface area (Å²) in [5.41, 5.74) is 0. The fourth-order valence-corrected chi connectivity index (χ4v) is 0. The predicted octanol–water partition coefficient (Wildman–Crippen LogP) is -3.78. The maximum absolute atomic E-state index is 8.94. The summed E-state index contributed by atoms with van der Waals surface area (Å²) in [4.78, 5) is 0. The molecule has 0 heterocycles. The van der Waals surface area contributed by atoms with Gasteiger partial charge in [-0.2, -0.15) is 0 Å². The molecule has 0 fully saturated rings. The molecular weight excluding hydrogens is 266 g/mol. The van der Waals surface area contributed by atoms with Gasteiger partial charge in [0.15, 0.2) is 0 Å². The van der Waals surface area contributed by atoms with Gasteiger partial charge in [0.2, 0.25) is 0 Å². The van der Waals surface area contributed by atoms with Gasteiger partial charge in [0, 0.05) is 0 Å². The molecular formula is H5AsO7Se. The molecule has 0 unspecified atom stereocenters. The van der Waals surface area contributed by atoms with Crippen molar-refractivity contribution in [2.45, 2.75) is 0 Å². The average molecular weight is 271 g/mol. The Bertz CT molecular complexity index is 109. The van der Waals surface area contributed by atoms with Crippen LogP contribution in [-0.2, 0) is 7.57 Å². The molecule has 0 saturated carbocycles. The van der Waals surface area contributed by atoms with Crippen LogP contribution in [0.2, 0.25) is 0 Å². The summed E-state index contributed by atoms with van der Waals surface area (Å²) >= 11 is -8.42. The zero-order valence-corrected chi connectivity index (χ0v) is 7.50. The SMILES string of the molecule is O=[As](O)(O)O.O=[Se](O)O. The van der Waals surface area contributed by atoms with Gasteiger partial charge in [-0.3, -0.25) is 0 Å². The van der Waals surface area contributed by atoms with E-state index in [1.807, 2.05) is 0 Å². The van der Waals surface area contributed by atoms with Crippen LogP contribution < -0.4 is 0 Å². The van der Waals surface area contributed by atoms with Crippen LogP contribution >= 0.6 is 0 Å². The van der Waals surface area contributed by atoms with Crippen LogP contribution in [-0.4, -0.2) is 49.7 Å². The topological polar surface area (TPSA) is 135 Å². The number of hydrogen-bond acceptors (Lipinski definition) is 2. The minimum absolute atomic E-state index is 3.29. The van der Waals surface area contributed by atoms with E-state index >= 15 is 0 Å². The summed E-state index contributed by atoms with van der Waals surface area (Å²) in [5, 5.41) is 0. The molecule has 0 spiro atoms. The molecule has 0 atom stereocenters. The fraction of sp³-hybridized carbons (Fsp3) is 0. The number of rotatable bonds is 0. The fourth-order valence-electron chi connectivity index (χ4n) is 0. The first kappa shape index (κ1) is 12.2. The van der Waals surface area contributed by atoms with Crippen LogP contribution in [0, 0.1) is 0 Å². The third kappa shape index (κ3) is 1560. The molecule has 5 N–H and O–H groups in total. The molecule has 9 heavy (non-hydrogen) atoms. The van der Waals surface area contributed by atoms with E-state index in [0.29, 0.717) is 0 Å². The first-order chi connectivity index (χ1) is 3.73. The first-order valence-electron chi connectivity index (χ1n) is 1.31. The second-order valence-electron chi connectivity index (χ2n) is 0.744. The summed E-state index contributed by atoms with van der Waals surface area (Å²) in [6, 6.07) is 0. The number of hydrogen-bond donors (Lipinski definition) is 5. The molecule has 0 aliphatic carbocycles. The van der Waals surface area contributed by atoms with Crippen molar-refractivity contribution >= 4 is 29.0 Å². The van der Waals surface area contributed by atoms with Crippen LogP contribution in [0.3, 0.4) is 0 Å². The van der Waals surface area contributed by atoms with E-state index in [2.05, 4.69) is 0 Å². The maximum atomic E-state index is 8.94. The summed E-state index contributed by atoms with van der Waals surface area (Å²) in [7, 11) is 0. The van der Waals surface area contributed by atoms with Gasteiger partial charge in [-0.05, 0) is 0 Å². The molecule has 0 aliphatic heterocycles. The van der Waals surface area contributed by atoms with Gasteiger partial charge < -0.3 is 0 Å². The third-order valence-electron chi connectivity index (χ3n) is 0. The van der Waals surface area contributed by atoms with Crippen LogP contribution in [0.4, 0.5) is 0 Å². The van der Waals surface area contributed by atoms with Crippen molar-refractivity contribution in [2.24, 2.45) is 0 Å². The normalized spacial score (nSPS) is 10.4. The minimum atomic E-state index is -5.12. The summed E-state index contributed by atoms with van der Waals surface area (Å²) in [6.07, 6.45) is 0. The Morgan fingerprint density at radius 1 is 1.11 bits per heavy atom. The third-order valence-corrected chi connectivity index (χ3v) is 0. The van der Waals surface area contributed by atoms with E-state index in [1.54, 1.807) is 0 Å². The van der Waals surface area contributed by atoms with Gasteiger partial charge in [-0.1, -0.05) is 0 Å². The van der Waals surface area contributed by atoms with Crippen LogP contribution in [0.5, 0.6) is 0 Å². The van der Waals surface area contributed by atoms with Gasteiger partial charge in [-0.15, -0.1) is 0 Å². The Morgan fingerprint density at radius 2 is 1.11 bits per heavy atom. The van der Waals surface area contributed by atoms with Crippen molar-refractivity contribution in [3.63, 3.8) is 0 Å². The molecule has 0 radical (unpaired) electrons. The van der Waals surface area contributed by atoms with E-state index in [0.717, 1.165) is 0 Å². The van der Waals surface area contributed by atoms with Crippen LogP contribution in [0.25, 0.3) is 0 Å². The van der Waals surface area contributed by atoms with Crippen LogP contribution in [0.1, 0.15) is 0 Å². The second kappa shape index (κ2) is 5.28. The Kier molecular flexibility index (Phi) is 7.14. The molecule has 0 aliphatic rings. The molecule has 0 rings (SSSR count). The summed E-state index contributed by atoms with van der Waals surface area (Å²) < 4.78 is 53.8. The molecule has 0 bridgehead atoms. The van der Waals surface area contributed by atoms with Gasteiger partial charge >= 0.3 is 57.2 Å². The zero-order valence-electron chi connectivity index (χ0n) is 3.91. The van der Waals surface area contributed by atoms with Crippen molar-refractivity contribution in [2.75, 3.05) is 0 Å². The standard InChI is InChI=1S/AsH3O4.H2O3Se/c2-1(3,4)5;1-4(2)3/h(H3,2,3,4,5);(H2,1,2,3).